The van der Waals surface area contributed by atoms with Crippen LogP contribution < -0.4 is 5.32 Å². The Morgan fingerprint density at radius 3 is 2.69 bits per heavy atom. The number of carbonyl (C=O) groups is 3. The number of nitrogens with one attached hydrogen (secondary N) is 1. The molecule has 1 spiro atoms. The summed E-state index contributed by atoms with van der Waals surface area (Å²) >= 11 is 0. The van der Waals surface area contributed by atoms with E-state index in [9.17, 15) is 24.5 Å². The van der Waals surface area contributed by atoms with Crippen molar-refractivity contribution in [2.45, 2.75) is 25.0 Å². The second kappa shape index (κ2) is 7.01. The van der Waals surface area contributed by atoms with Gasteiger partial charge in [0.15, 0.2) is 0 Å². The van der Waals surface area contributed by atoms with E-state index >= 15 is 0 Å². The van der Waals surface area contributed by atoms with Crippen LogP contribution in [-0.4, -0.2) is 34.3 Å². The Morgan fingerprint density at radius 2 is 1.90 bits per heavy atom. The monoisotopic (exact) mass is 395 g/mol. The molecule has 1 aliphatic heterocycles. The quantitative estimate of drug-likeness (QED) is 0.358. The van der Waals surface area contributed by atoms with Crippen LogP contribution in [0.5, 0.6) is 0 Å². The summed E-state index contributed by atoms with van der Waals surface area (Å²) in [6.45, 7) is -0.886. The van der Waals surface area contributed by atoms with Crippen LogP contribution in [0.2, 0.25) is 0 Å². The molecule has 2 aliphatic rings. The SMILES string of the molecule is O=C(CN1C(=O)N[C@]2(CCc3ccccc32)C1=O)OCc1ccccc1[N+](=O)[O-]. The number of rotatable bonds is 5. The molecular weight excluding hydrogens is 378 g/mol. The van der Waals surface area contributed by atoms with Gasteiger partial charge in [-0.05, 0) is 30.0 Å². The minimum atomic E-state index is -1.15. The van der Waals surface area contributed by atoms with Crippen LogP contribution in [0.25, 0.3) is 0 Å². The normalized spacial score (nSPS) is 19.9. The zero-order chi connectivity index (χ0) is 20.6. The number of ether oxygens (including phenoxy) is 1. The van der Waals surface area contributed by atoms with Crippen molar-refractivity contribution in [2.24, 2.45) is 0 Å². The largest absolute Gasteiger partial charge is 0.459 e. The first-order valence-electron chi connectivity index (χ1n) is 9.03. The van der Waals surface area contributed by atoms with Crippen LogP contribution in [-0.2, 0) is 32.9 Å². The Bertz CT molecular complexity index is 1040. The molecule has 29 heavy (non-hydrogen) atoms. The van der Waals surface area contributed by atoms with Crippen LogP contribution in [0.15, 0.2) is 48.5 Å². The summed E-state index contributed by atoms with van der Waals surface area (Å²) in [6, 6.07) is 12.6. The molecule has 0 saturated carbocycles. The van der Waals surface area contributed by atoms with Crippen molar-refractivity contribution >= 4 is 23.6 Å². The Labute approximate surface area is 165 Å². The first kappa shape index (κ1) is 18.6. The van der Waals surface area contributed by atoms with E-state index in [2.05, 4.69) is 5.32 Å². The van der Waals surface area contributed by atoms with Gasteiger partial charge in [-0.3, -0.25) is 24.6 Å². The number of hydrogen-bond donors (Lipinski definition) is 1. The molecule has 0 aromatic heterocycles. The van der Waals surface area contributed by atoms with E-state index in [1.807, 2.05) is 12.1 Å². The van der Waals surface area contributed by atoms with Gasteiger partial charge in [0, 0.05) is 6.07 Å². The fourth-order valence-electron chi connectivity index (χ4n) is 3.88. The predicted octanol–water partition coefficient (Wildman–Crippen LogP) is 2.03. The lowest BCUT2D eigenvalue weighted by Crippen LogP contribution is -2.42. The number of nitro groups is 1. The summed E-state index contributed by atoms with van der Waals surface area (Å²) < 4.78 is 5.08. The first-order valence-corrected chi connectivity index (χ1v) is 9.03. The summed E-state index contributed by atoms with van der Waals surface area (Å²) in [4.78, 5) is 48.9. The maximum Gasteiger partial charge on any atom is 0.326 e. The van der Waals surface area contributed by atoms with Gasteiger partial charge >= 0.3 is 12.0 Å². The van der Waals surface area contributed by atoms with E-state index in [4.69, 9.17) is 4.74 Å². The van der Waals surface area contributed by atoms with Gasteiger partial charge in [-0.25, -0.2) is 4.79 Å². The molecule has 1 aliphatic carbocycles. The van der Waals surface area contributed by atoms with Crippen LogP contribution >= 0.6 is 0 Å². The zero-order valence-electron chi connectivity index (χ0n) is 15.3. The minimum absolute atomic E-state index is 0.170. The van der Waals surface area contributed by atoms with E-state index in [0.29, 0.717) is 12.8 Å². The Balaban J connectivity index is 1.45. The fraction of sp³-hybridized carbons (Fsp3) is 0.250. The topological polar surface area (TPSA) is 119 Å². The second-order valence-electron chi connectivity index (χ2n) is 6.93. The molecule has 1 N–H and O–H groups in total. The number of amides is 3. The van der Waals surface area contributed by atoms with Crippen molar-refractivity contribution in [1.82, 2.24) is 10.2 Å². The van der Waals surface area contributed by atoms with E-state index < -0.39 is 34.9 Å². The molecule has 0 bridgehead atoms. The van der Waals surface area contributed by atoms with Crippen molar-refractivity contribution in [3.8, 4) is 0 Å². The number of imide groups is 1. The molecular formula is C20H17N3O6. The Hall–Kier alpha value is -3.75. The van der Waals surface area contributed by atoms with Crippen molar-refractivity contribution in [3.63, 3.8) is 0 Å². The third-order valence-electron chi connectivity index (χ3n) is 5.29. The van der Waals surface area contributed by atoms with Crippen LogP contribution in [0.4, 0.5) is 10.5 Å². The molecule has 2 aromatic rings. The highest BCUT2D eigenvalue weighted by atomic mass is 16.6. The number of benzene rings is 2. The van der Waals surface area contributed by atoms with Crippen LogP contribution in [0.3, 0.4) is 0 Å². The third kappa shape index (κ3) is 3.10. The predicted molar refractivity (Wildman–Crippen MR) is 99.6 cm³/mol. The molecule has 3 amide bonds. The number of urea groups is 1. The molecule has 9 heteroatoms. The second-order valence-corrected chi connectivity index (χ2v) is 6.93. The smallest absolute Gasteiger partial charge is 0.326 e. The summed E-state index contributed by atoms with van der Waals surface area (Å²) in [7, 11) is 0. The van der Waals surface area contributed by atoms with E-state index in [1.165, 1.54) is 18.2 Å². The maximum atomic E-state index is 13.0. The highest BCUT2D eigenvalue weighted by Gasteiger charge is 2.55. The Kier molecular flexibility index (Phi) is 4.50. The van der Waals surface area contributed by atoms with Crippen molar-refractivity contribution in [2.75, 3.05) is 6.54 Å². The molecule has 9 nitrogen and oxygen atoms in total. The molecule has 0 unspecified atom stereocenters. The van der Waals surface area contributed by atoms with Gasteiger partial charge in [-0.15, -0.1) is 0 Å². The molecule has 1 atom stereocenters. The van der Waals surface area contributed by atoms with Crippen LogP contribution in [0, 0.1) is 10.1 Å². The summed E-state index contributed by atoms with van der Waals surface area (Å²) in [6.07, 6.45) is 1.08. The fourth-order valence-corrected chi connectivity index (χ4v) is 3.88. The molecule has 4 rings (SSSR count). The number of nitro benzene ring substituents is 1. The lowest BCUT2D eigenvalue weighted by atomic mass is 9.92. The van der Waals surface area contributed by atoms with Gasteiger partial charge in [-0.2, -0.15) is 0 Å². The van der Waals surface area contributed by atoms with Crippen molar-refractivity contribution in [3.05, 3.63) is 75.3 Å². The van der Waals surface area contributed by atoms with Crippen LogP contribution in [0.1, 0.15) is 23.1 Å². The number of hydrogen-bond acceptors (Lipinski definition) is 6. The number of para-hydroxylation sites is 1. The van der Waals surface area contributed by atoms with E-state index in [0.717, 1.165) is 16.0 Å². The van der Waals surface area contributed by atoms with E-state index in [1.54, 1.807) is 18.2 Å². The first-order chi connectivity index (χ1) is 13.9. The van der Waals surface area contributed by atoms with E-state index in [-0.39, 0.29) is 17.9 Å². The summed E-state index contributed by atoms with van der Waals surface area (Å²) in [5.41, 5.74) is 0.642. The average molecular weight is 395 g/mol. The van der Waals surface area contributed by atoms with Gasteiger partial charge in [-0.1, -0.05) is 36.4 Å². The van der Waals surface area contributed by atoms with Gasteiger partial charge in [0.1, 0.15) is 18.7 Å². The zero-order valence-corrected chi connectivity index (χ0v) is 15.3. The van der Waals surface area contributed by atoms with Gasteiger partial charge in [0.2, 0.25) is 0 Å². The lowest BCUT2D eigenvalue weighted by molar-refractivity contribution is -0.385. The highest BCUT2D eigenvalue weighted by molar-refractivity contribution is 6.09. The number of esters is 1. The highest BCUT2D eigenvalue weighted by Crippen LogP contribution is 2.41. The average Bonchev–Trinajstić information content (AvgIpc) is 3.20. The lowest BCUT2D eigenvalue weighted by Gasteiger charge is -2.22. The minimum Gasteiger partial charge on any atom is -0.459 e. The van der Waals surface area contributed by atoms with Crippen molar-refractivity contribution < 1.29 is 24.0 Å². The third-order valence-corrected chi connectivity index (χ3v) is 5.29. The molecule has 1 fully saturated rings. The number of fused-ring (bicyclic) bond motifs is 2. The standard InChI is InChI=1S/C20H17N3O6/c24-17(29-12-14-6-2-4-8-16(14)23(27)28)11-22-18(25)20(21-19(22)26)10-9-13-5-1-3-7-15(13)20/h1-8H,9-12H2,(H,21,26)/t20-/m0/s1. The molecule has 1 saturated heterocycles. The van der Waals surface area contributed by atoms with Gasteiger partial charge in [0.05, 0.1) is 10.5 Å². The number of nitrogens with zero attached hydrogens (tertiary/aromatic N) is 2. The summed E-state index contributed by atoms with van der Waals surface area (Å²) in [5.74, 6) is -1.31. The molecule has 148 valence electrons. The Morgan fingerprint density at radius 1 is 1.17 bits per heavy atom. The molecule has 0 radical (unpaired) electrons. The molecule has 1 heterocycles. The number of carbonyl (C=O) groups excluding carboxylic acids is 3. The summed E-state index contributed by atoms with van der Waals surface area (Å²) in [5, 5.41) is 13.8. The van der Waals surface area contributed by atoms with Gasteiger partial charge in [0.25, 0.3) is 11.6 Å². The van der Waals surface area contributed by atoms with Gasteiger partial charge < -0.3 is 10.1 Å². The number of aryl methyl sites for hydroxylation is 1. The molecule has 2 aromatic carbocycles. The van der Waals surface area contributed by atoms with Crippen molar-refractivity contribution in [1.29, 1.82) is 0 Å². The maximum absolute atomic E-state index is 13.0.